The zero-order chi connectivity index (χ0) is 17.6. The van der Waals surface area contributed by atoms with E-state index in [1.807, 2.05) is 45.0 Å². The summed E-state index contributed by atoms with van der Waals surface area (Å²) in [6, 6.07) is 8.01. The molecule has 0 saturated heterocycles. The van der Waals surface area contributed by atoms with Gasteiger partial charge in [0.1, 0.15) is 18.2 Å². The van der Waals surface area contributed by atoms with Gasteiger partial charge in [-0.1, -0.05) is 31.2 Å². The zero-order valence-electron chi connectivity index (χ0n) is 14.8. The van der Waals surface area contributed by atoms with Crippen LogP contribution in [0.2, 0.25) is 0 Å². The lowest BCUT2D eigenvalue weighted by atomic mass is 9.92. The smallest absolute Gasteiger partial charge is 0.408 e. The molecule has 1 amide bonds. The highest BCUT2D eigenvalue weighted by molar-refractivity contribution is 5.78. The van der Waals surface area contributed by atoms with Gasteiger partial charge >= 0.3 is 12.1 Å². The van der Waals surface area contributed by atoms with Crippen LogP contribution >= 0.6 is 0 Å². The van der Waals surface area contributed by atoms with E-state index in [9.17, 15) is 9.59 Å². The number of amides is 1. The average molecular weight is 321 g/mol. The lowest BCUT2D eigenvalue weighted by Crippen LogP contribution is -2.37. The summed E-state index contributed by atoms with van der Waals surface area (Å²) in [6.45, 7) is 11.0. The largest absolute Gasteiger partial charge is 0.461 e. The first-order valence-corrected chi connectivity index (χ1v) is 7.82. The number of carbonyl (C=O) groups is 2. The molecule has 0 heterocycles. The summed E-state index contributed by atoms with van der Waals surface area (Å²) in [5, 5.41) is 2.40. The van der Waals surface area contributed by atoms with Gasteiger partial charge in [-0.3, -0.25) is 4.79 Å². The van der Waals surface area contributed by atoms with E-state index < -0.39 is 17.7 Å². The lowest BCUT2D eigenvalue weighted by Gasteiger charge is -2.23. The minimum absolute atomic E-state index is 0.0710. The Morgan fingerprint density at radius 1 is 1.17 bits per heavy atom. The van der Waals surface area contributed by atoms with Crippen molar-refractivity contribution in [2.24, 2.45) is 0 Å². The van der Waals surface area contributed by atoms with Gasteiger partial charge in [0.05, 0.1) is 0 Å². The van der Waals surface area contributed by atoms with Gasteiger partial charge in [0.25, 0.3) is 0 Å². The first-order valence-electron chi connectivity index (χ1n) is 7.82. The van der Waals surface area contributed by atoms with Crippen LogP contribution in [-0.4, -0.2) is 30.3 Å². The van der Waals surface area contributed by atoms with Gasteiger partial charge in [0, 0.05) is 5.92 Å². The van der Waals surface area contributed by atoms with Crippen molar-refractivity contribution in [3.8, 4) is 0 Å². The number of hydrogen-bond donors (Lipinski definition) is 1. The number of hydrogen-bond acceptors (Lipinski definition) is 4. The Hall–Kier alpha value is -2.04. The number of alkyl carbamates (subject to hydrolysis) is 1. The van der Waals surface area contributed by atoms with Crippen LogP contribution in [-0.2, 0) is 14.3 Å². The fourth-order valence-electron chi connectivity index (χ4n) is 2.16. The summed E-state index contributed by atoms with van der Waals surface area (Å²) in [6.07, 6.45) is -0.918. The predicted octanol–water partition coefficient (Wildman–Crippen LogP) is 3.55. The number of rotatable bonds is 5. The van der Waals surface area contributed by atoms with Crippen molar-refractivity contribution < 1.29 is 19.1 Å². The maximum Gasteiger partial charge on any atom is 0.408 e. The molecule has 0 radical (unpaired) electrons. The van der Waals surface area contributed by atoms with Crippen LogP contribution in [0.1, 0.15) is 51.7 Å². The van der Waals surface area contributed by atoms with E-state index >= 15 is 0 Å². The minimum Gasteiger partial charge on any atom is -0.461 e. The third kappa shape index (κ3) is 6.72. The van der Waals surface area contributed by atoms with E-state index in [1.165, 1.54) is 0 Å². The fraction of sp³-hybridized carbons (Fsp3) is 0.556. The molecule has 1 aromatic rings. The van der Waals surface area contributed by atoms with Crippen molar-refractivity contribution >= 4 is 12.1 Å². The van der Waals surface area contributed by atoms with Crippen molar-refractivity contribution in [3.63, 3.8) is 0 Å². The summed E-state index contributed by atoms with van der Waals surface area (Å²) >= 11 is 0. The number of aryl methyl sites for hydroxylation is 1. The molecular weight excluding hydrogens is 294 g/mol. The van der Waals surface area contributed by atoms with Crippen LogP contribution < -0.4 is 5.32 Å². The highest BCUT2D eigenvalue weighted by atomic mass is 16.6. The molecule has 23 heavy (non-hydrogen) atoms. The SMILES string of the molecule is Cc1ccccc1[C@H](C)[C@@H](C)OC(=O)CNC(=O)OC(C)(C)C. The second-order valence-corrected chi connectivity index (χ2v) is 6.70. The maximum absolute atomic E-state index is 11.9. The quantitative estimate of drug-likeness (QED) is 0.842. The van der Waals surface area contributed by atoms with Gasteiger partial charge < -0.3 is 14.8 Å². The molecule has 1 aromatic carbocycles. The zero-order valence-corrected chi connectivity index (χ0v) is 14.8. The molecule has 0 spiro atoms. The number of nitrogens with one attached hydrogen (secondary N) is 1. The topological polar surface area (TPSA) is 64.6 Å². The first-order chi connectivity index (χ1) is 10.6. The minimum atomic E-state index is -0.631. The molecule has 5 heteroatoms. The predicted molar refractivity (Wildman–Crippen MR) is 89.4 cm³/mol. The van der Waals surface area contributed by atoms with Gasteiger partial charge in [-0.15, -0.1) is 0 Å². The van der Waals surface area contributed by atoms with Gasteiger partial charge in [-0.2, -0.15) is 0 Å². The highest BCUT2D eigenvalue weighted by Gasteiger charge is 2.21. The average Bonchev–Trinajstić information content (AvgIpc) is 2.43. The van der Waals surface area contributed by atoms with E-state index in [0.29, 0.717) is 0 Å². The van der Waals surface area contributed by atoms with E-state index in [1.54, 1.807) is 20.8 Å². The fourth-order valence-corrected chi connectivity index (χ4v) is 2.16. The number of carbonyl (C=O) groups excluding carboxylic acids is 2. The third-order valence-corrected chi connectivity index (χ3v) is 3.48. The van der Waals surface area contributed by atoms with Crippen LogP contribution in [0.4, 0.5) is 4.79 Å². The Morgan fingerprint density at radius 2 is 1.78 bits per heavy atom. The molecule has 0 aliphatic heterocycles. The Kier molecular flexibility index (Phi) is 6.61. The van der Waals surface area contributed by atoms with Gasteiger partial charge in [-0.05, 0) is 45.7 Å². The number of ether oxygens (including phenoxy) is 2. The summed E-state index contributed by atoms with van der Waals surface area (Å²) in [5.74, 6) is -0.412. The van der Waals surface area contributed by atoms with Gasteiger partial charge in [-0.25, -0.2) is 4.79 Å². The second kappa shape index (κ2) is 7.99. The molecule has 1 N–H and O–H groups in total. The van der Waals surface area contributed by atoms with E-state index in [2.05, 4.69) is 5.32 Å². The summed E-state index contributed by atoms with van der Waals surface area (Å²) in [5.41, 5.74) is 1.71. The summed E-state index contributed by atoms with van der Waals surface area (Å²) in [7, 11) is 0. The standard InChI is InChI=1S/C18H27NO4/c1-12-9-7-8-10-15(12)13(2)14(3)22-16(20)11-19-17(21)23-18(4,5)6/h7-10,13-14H,11H2,1-6H3,(H,19,21)/t13-,14-/m1/s1. The number of esters is 1. The molecular formula is C18H27NO4. The van der Waals surface area contributed by atoms with Crippen LogP contribution in [0.15, 0.2) is 24.3 Å². The molecule has 0 aliphatic carbocycles. The monoisotopic (exact) mass is 321 g/mol. The van der Waals surface area contributed by atoms with E-state index in [4.69, 9.17) is 9.47 Å². The first kappa shape index (κ1) is 19.0. The van der Waals surface area contributed by atoms with Crippen molar-refractivity contribution in [3.05, 3.63) is 35.4 Å². The molecule has 0 bridgehead atoms. The molecule has 128 valence electrons. The normalized spacial score (nSPS) is 13.8. The van der Waals surface area contributed by atoms with Crippen molar-refractivity contribution in [1.29, 1.82) is 0 Å². The Labute approximate surface area is 138 Å². The van der Waals surface area contributed by atoms with E-state index in [0.717, 1.165) is 11.1 Å². The summed E-state index contributed by atoms with van der Waals surface area (Å²) in [4.78, 5) is 23.4. The van der Waals surface area contributed by atoms with Crippen LogP contribution in [0.5, 0.6) is 0 Å². The summed E-state index contributed by atoms with van der Waals surface area (Å²) < 4.78 is 10.5. The molecule has 0 saturated carbocycles. The molecule has 5 nitrogen and oxygen atoms in total. The van der Waals surface area contributed by atoms with Crippen molar-refractivity contribution in [2.75, 3.05) is 6.54 Å². The molecule has 0 unspecified atom stereocenters. The lowest BCUT2D eigenvalue weighted by molar-refractivity contribution is -0.148. The van der Waals surface area contributed by atoms with Crippen molar-refractivity contribution in [2.45, 2.75) is 59.2 Å². The Balaban J connectivity index is 2.48. The third-order valence-electron chi connectivity index (χ3n) is 3.48. The van der Waals surface area contributed by atoms with Gasteiger partial charge in [0.15, 0.2) is 0 Å². The Bertz CT molecular complexity index is 548. The molecule has 0 aliphatic rings. The van der Waals surface area contributed by atoms with Gasteiger partial charge in [0.2, 0.25) is 0 Å². The Morgan fingerprint density at radius 3 is 2.35 bits per heavy atom. The number of benzene rings is 1. The molecule has 1 rings (SSSR count). The van der Waals surface area contributed by atoms with E-state index in [-0.39, 0.29) is 18.6 Å². The van der Waals surface area contributed by atoms with Crippen LogP contribution in [0.25, 0.3) is 0 Å². The van der Waals surface area contributed by atoms with Crippen molar-refractivity contribution in [1.82, 2.24) is 5.32 Å². The molecule has 2 atom stereocenters. The van der Waals surface area contributed by atoms with Crippen LogP contribution in [0.3, 0.4) is 0 Å². The highest BCUT2D eigenvalue weighted by Crippen LogP contribution is 2.24. The molecule has 0 fully saturated rings. The van der Waals surface area contributed by atoms with Crippen LogP contribution in [0, 0.1) is 6.92 Å². The second-order valence-electron chi connectivity index (χ2n) is 6.70. The maximum atomic E-state index is 11.9. The molecule has 0 aromatic heterocycles.